The molecule has 5 heterocycles. The number of benzene rings is 2. The fourth-order valence-corrected chi connectivity index (χ4v) is 8.22. The summed E-state index contributed by atoms with van der Waals surface area (Å²) in [4.78, 5) is 83.3. The number of halogens is 1. The molecule has 0 bridgehead atoms. The highest BCUT2D eigenvalue weighted by Crippen LogP contribution is 2.40. The minimum atomic E-state index is -1.11. The zero-order valence-corrected chi connectivity index (χ0v) is 31.8. The van der Waals surface area contributed by atoms with Gasteiger partial charge in [-0.2, -0.15) is 0 Å². The Bertz CT molecular complexity index is 2280. The number of nitrogens with zero attached hydrogens (tertiary/aromatic N) is 5. The lowest BCUT2D eigenvalue weighted by atomic mass is 9.99. The summed E-state index contributed by atoms with van der Waals surface area (Å²) in [5.41, 5.74) is 3.76. The number of unbranched alkanes of at least 4 members (excludes halogenated alkanes) is 1. The molecule has 2 atom stereocenters. The summed E-state index contributed by atoms with van der Waals surface area (Å²) in [6.07, 6.45) is 1.23. The Balaban J connectivity index is 0.906. The number of piperidine rings is 1. The van der Waals surface area contributed by atoms with Crippen LogP contribution in [0.3, 0.4) is 0 Å². The number of carbonyl (C=O) groups excluding carboxylic acids is 6. The minimum Gasteiger partial charge on any atom is -0.483 e. The van der Waals surface area contributed by atoms with E-state index in [2.05, 4.69) is 40.0 Å². The first-order valence-corrected chi connectivity index (χ1v) is 19.0. The molecule has 0 unspecified atom stereocenters. The van der Waals surface area contributed by atoms with Gasteiger partial charge in [0.2, 0.25) is 17.7 Å². The molecular formula is C38H37ClN8O7S. The first kappa shape index (κ1) is 37.6. The third-order valence-electron chi connectivity index (χ3n) is 9.77. The molecule has 1 saturated heterocycles. The smallest absolute Gasteiger partial charge is 0.266 e. The van der Waals surface area contributed by atoms with Gasteiger partial charge in [0.05, 0.1) is 23.3 Å². The van der Waals surface area contributed by atoms with Crippen LogP contribution in [-0.2, 0) is 19.2 Å². The van der Waals surface area contributed by atoms with Gasteiger partial charge in [-0.25, -0.2) is 0 Å². The van der Waals surface area contributed by atoms with Crippen LogP contribution in [0.5, 0.6) is 5.75 Å². The predicted molar refractivity (Wildman–Crippen MR) is 202 cm³/mol. The molecule has 0 aliphatic carbocycles. The van der Waals surface area contributed by atoms with E-state index in [0.717, 1.165) is 37.2 Å². The molecule has 2 aromatic carbocycles. The predicted octanol–water partition coefficient (Wildman–Crippen LogP) is 3.68. The van der Waals surface area contributed by atoms with Gasteiger partial charge >= 0.3 is 0 Å². The lowest BCUT2D eigenvalue weighted by molar-refractivity contribution is -0.136. The molecule has 6 amide bonds. The van der Waals surface area contributed by atoms with Gasteiger partial charge in [0.1, 0.15) is 28.7 Å². The number of aliphatic imine (C=N–C) groups is 1. The van der Waals surface area contributed by atoms with Crippen molar-refractivity contribution in [2.24, 2.45) is 4.99 Å². The van der Waals surface area contributed by atoms with Gasteiger partial charge in [-0.15, -0.1) is 21.5 Å². The van der Waals surface area contributed by atoms with Gasteiger partial charge in [-0.05, 0) is 69.9 Å². The Morgan fingerprint density at radius 2 is 1.67 bits per heavy atom. The SMILES string of the molecule is Cc1sc2c(c1C)C(c1ccc(Cl)cc1)=N[C@@H](CC(=O)NCCCCNC(=O)COc1cccc3c1C(=O)N([C@@H]1CCC(=O)NC1=O)C3=O)c1nnc(C)n1-2. The average molecular weight is 785 g/mol. The fourth-order valence-electron chi connectivity index (χ4n) is 6.88. The number of fused-ring (bicyclic) bond motifs is 4. The quantitative estimate of drug-likeness (QED) is 0.142. The first-order chi connectivity index (χ1) is 26.4. The third-order valence-corrected chi connectivity index (χ3v) is 11.2. The Morgan fingerprint density at radius 3 is 2.40 bits per heavy atom. The number of thiophene rings is 1. The highest BCUT2D eigenvalue weighted by Gasteiger charge is 2.46. The summed E-state index contributed by atoms with van der Waals surface area (Å²) in [5, 5.41) is 18.2. The topological polar surface area (TPSA) is 194 Å². The maximum absolute atomic E-state index is 13.3. The van der Waals surface area contributed by atoms with Gasteiger partial charge in [-0.3, -0.25) is 48.5 Å². The number of nitrogens with one attached hydrogen (secondary N) is 3. The number of carbonyl (C=O) groups is 6. The van der Waals surface area contributed by atoms with Gasteiger partial charge in [0, 0.05) is 40.5 Å². The van der Waals surface area contributed by atoms with E-state index in [1.54, 1.807) is 11.3 Å². The van der Waals surface area contributed by atoms with Crippen molar-refractivity contribution < 1.29 is 33.5 Å². The molecule has 7 rings (SSSR count). The highest BCUT2D eigenvalue weighted by atomic mass is 35.5. The van der Waals surface area contributed by atoms with Crippen LogP contribution in [0.25, 0.3) is 5.00 Å². The molecule has 284 valence electrons. The largest absolute Gasteiger partial charge is 0.483 e. The van der Waals surface area contributed by atoms with E-state index in [1.165, 1.54) is 18.2 Å². The molecule has 0 saturated carbocycles. The van der Waals surface area contributed by atoms with Crippen molar-refractivity contribution in [1.82, 2.24) is 35.6 Å². The number of ether oxygens (including phenoxy) is 1. The molecule has 17 heteroatoms. The fraction of sp³-hybridized carbons (Fsp3) is 0.342. The number of aromatic nitrogens is 3. The normalized spacial score (nSPS) is 17.5. The Kier molecular flexibility index (Phi) is 10.6. The van der Waals surface area contributed by atoms with Crippen LogP contribution >= 0.6 is 22.9 Å². The summed E-state index contributed by atoms with van der Waals surface area (Å²) < 4.78 is 7.64. The van der Waals surface area contributed by atoms with E-state index in [1.807, 2.05) is 35.8 Å². The van der Waals surface area contributed by atoms with Crippen LogP contribution in [0.15, 0.2) is 47.5 Å². The lowest BCUT2D eigenvalue weighted by Gasteiger charge is -2.27. The van der Waals surface area contributed by atoms with Gasteiger partial charge < -0.3 is 15.4 Å². The molecule has 1 fully saturated rings. The maximum atomic E-state index is 13.3. The Hall–Kier alpha value is -5.74. The minimum absolute atomic E-state index is 0.00279. The van der Waals surface area contributed by atoms with Crippen molar-refractivity contribution in [3.63, 3.8) is 0 Å². The van der Waals surface area contributed by atoms with Crippen molar-refractivity contribution in [2.45, 2.75) is 65.0 Å². The second kappa shape index (κ2) is 15.5. The summed E-state index contributed by atoms with van der Waals surface area (Å²) >= 11 is 7.84. The van der Waals surface area contributed by atoms with Gasteiger partial charge in [-0.1, -0.05) is 29.8 Å². The van der Waals surface area contributed by atoms with E-state index < -0.39 is 48.2 Å². The molecule has 0 spiro atoms. The van der Waals surface area contributed by atoms with E-state index in [9.17, 15) is 28.8 Å². The van der Waals surface area contributed by atoms with E-state index in [4.69, 9.17) is 21.3 Å². The molecular weight excluding hydrogens is 748 g/mol. The second-order valence-electron chi connectivity index (χ2n) is 13.4. The first-order valence-electron chi connectivity index (χ1n) is 17.8. The van der Waals surface area contributed by atoms with Crippen molar-refractivity contribution in [3.05, 3.63) is 91.8 Å². The molecule has 55 heavy (non-hydrogen) atoms. The number of hydrogen-bond acceptors (Lipinski definition) is 11. The molecule has 3 aliphatic rings. The third kappa shape index (κ3) is 7.38. The number of rotatable bonds is 12. The summed E-state index contributed by atoms with van der Waals surface area (Å²) in [6, 6.07) is 10.2. The van der Waals surface area contributed by atoms with Crippen LogP contribution in [0.4, 0.5) is 0 Å². The molecule has 3 N–H and O–H groups in total. The van der Waals surface area contributed by atoms with E-state index >= 15 is 0 Å². The average Bonchev–Trinajstić information content (AvgIpc) is 3.73. The van der Waals surface area contributed by atoms with Crippen LogP contribution in [0.1, 0.15) is 92.1 Å². The Morgan fingerprint density at radius 1 is 0.945 bits per heavy atom. The van der Waals surface area contributed by atoms with Gasteiger partial charge in [0.15, 0.2) is 12.4 Å². The zero-order valence-electron chi connectivity index (χ0n) is 30.2. The summed E-state index contributed by atoms with van der Waals surface area (Å²) in [7, 11) is 0. The van der Waals surface area contributed by atoms with Crippen LogP contribution in [0, 0.1) is 20.8 Å². The number of aryl methyl sites for hydroxylation is 2. The Labute approximate surface area is 324 Å². The van der Waals surface area contributed by atoms with Gasteiger partial charge in [0.25, 0.3) is 17.7 Å². The van der Waals surface area contributed by atoms with E-state index in [-0.39, 0.29) is 42.0 Å². The molecule has 0 radical (unpaired) electrons. The lowest BCUT2D eigenvalue weighted by Crippen LogP contribution is -2.54. The standard InChI is InChI=1S/C38H37ClN8O7S/c1-19-20(2)55-38-31(19)33(22-9-11-23(39)12-10-22)42-25(34-45-44-21(3)46(34)38)17-29(49)40-15-4-5-16-41-30(50)18-54-27-8-6-7-24-32(27)37(53)47(36(24)52)26-13-14-28(48)43-35(26)51/h6-12,25-26H,4-5,13-18H2,1-3H3,(H,40,49)(H,41,50)(H,43,48,51)/t25-,26+/m0/s1. The molecule has 15 nitrogen and oxygen atoms in total. The molecule has 4 aromatic rings. The second-order valence-corrected chi connectivity index (χ2v) is 15.1. The zero-order chi connectivity index (χ0) is 39.0. The van der Waals surface area contributed by atoms with Crippen molar-refractivity contribution >= 4 is 64.1 Å². The maximum Gasteiger partial charge on any atom is 0.266 e. The van der Waals surface area contributed by atoms with Crippen molar-refractivity contribution in [2.75, 3.05) is 19.7 Å². The monoisotopic (exact) mass is 784 g/mol. The van der Waals surface area contributed by atoms with E-state index in [0.29, 0.717) is 42.6 Å². The summed E-state index contributed by atoms with van der Waals surface area (Å²) in [5.74, 6) is -1.88. The van der Waals surface area contributed by atoms with Crippen LogP contribution in [-0.4, -0.2) is 86.6 Å². The number of amides is 6. The van der Waals surface area contributed by atoms with Crippen molar-refractivity contribution in [3.8, 4) is 10.8 Å². The van der Waals surface area contributed by atoms with Crippen molar-refractivity contribution in [1.29, 1.82) is 0 Å². The van der Waals surface area contributed by atoms with Crippen LogP contribution < -0.4 is 20.7 Å². The van der Waals surface area contributed by atoms with Crippen LogP contribution in [0.2, 0.25) is 5.02 Å². The summed E-state index contributed by atoms with van der Waals surface area (Å²) in [6.45, 7) is 6.30. The molecule has 3 aliphatic heterocycles. The number of imide groups is 2. The highest BCUT2D eigenvalue weighted by molar-refractivity contribution is 7.15. The molecule has 2 aromatic heterocycles. The number of hydrogen-bond donors (Lipinski definition) is 3.